The van der Waals surface area contributed by atoms with Crippen molar-refractivity contribution >= 4 is 23.6 Å². The van der Waals surface area contributed by atoms with Crippen molar-refractivity contribution in [2.75, 3.05) is 20.8 Å². The molecule has 1 aromatic rings. The predicted octanol–water partition coefficient (Wildman–Crippen LogP) is 6.37. The number of nitrogens with one attached hydrogen (secondary N) is 1. The first kappa shape index (κ1) is 32.4. The van der Waals surface area contributed by atoms with Crippen LogP contribution in [0, 0.1) is 17.8 Å². The van der Waals surface area contributed by atoms with Gasteiger partial charge in [-0.3, -0.25) is 9.59 Å². The average molecular weight is 571 g/mol. The fourth-order valence-electron chi connectivity index (χ4n) is 6.09. The summed E-state index contributed by atoms with van der Waals surface area (Å²) >= 11 is 1.70. The van der Waals surface area contributed by atoms with E-state index in [2.05, 4.69) is 56.6 Å². The lowest BCUT2D eigenvalue weighted by atomic mass is 9.87. The molecule has 2 heterocycles. The lowest BCUT2D eigenvalue weighted by Gasteiger charge is -2.36. The number of likely N-dealkylation sites (tertiary alicyclic amines) is 1. The Bertz CT molecular complexity index is 1030. The minimum atomic E-state index is -0.413. The Morgan fingerprint density at radius 3 is 2.48 bits per heavy atom. The smallest absolute Gasteiger partial charge is 0.226 e. The van der Waals surface area contributed by atoms with Crippen LogP contribution in [0.1, 0.15) is 72.3 Å². The molecule has 222 valence electrons. The summed E-state index contributed by atoms with van der Waals surface area (Å²) in [7, 11) is 3.36. The van der Waals surface area contributed by atoms with E-state index in [-0.39, 0.29) is 42.0 Å². The highest BCUT2D eigenvalue weighted by Crippen LogP contribution is 2.33. The molecule has 7 unspecified atom stereocenters. The largest absolute Gasteiger partial charge is 0.381 e. The van der Waals surface area contributed by atoms with Crippen LogP contribution in [0.3, 0.4) is 0 Å². The average Bonchev–Trinajstić information content (AvgIpc) is 3.45. The van der Waals surface area contributed by atoms with Crippen LogP contribution < -0.4 is 5.32 Å². The maximum Gasteiger partial charge on any atom is 0.226 e. The molecule has 0 aromatic heterocycles. The van der Waals surface area contributed by atoms with Crippen LogP contribution in [-0.4, -0.2) is 61.8 Å². The fraction of sp³-hybridized carbons (Fsp3) is 0.636. The van der Waals surface area contributed by atoms with Gasteiger partial charge in [-0.05, 0) is 55.4 Å². The van der Waals surface area contributed by atoms with E-state index in [9.17, 15) is 9.59 Å². The minimum Gasteiger partial charge on any atom is -0.381 e. The number of rotatable bonds is 14. The summed E-state index contributed by atoms with van der Waals surface area (Å²) in [5, 5.41) is 5.48. The van der Waals surface area contributed by atoms with Gasteiger partial charge in [-0.2, -0.15) is 0 Å². The quantitative estimate of drug-likeness (QED) is 0.282. The van der Waals surface area contributed by atoms with E-state index in [0.29, 0.717) is 18.9 Å². The first-order chi connectivity index (χ1) is 19.2. The number of nitrogens with zero attached hydrogens (tertiary/aromatic N) is 1. The molecular weight excluding hydrogens is 520 g/mol. The van der Waals surface area contributed by atoms with Gasteiger partial charge in [0.25, 0.3) is 0 Å². The van der Waals surface area contributed by atoms with Crippen molar-refractivity contribution in [1.29, 1.82) is 0 Å². The van der Waals surface area contributed by atoms with Crippen LogP contribution in [0.15, 0.2) is 52.3 Å². The van der Waals surface area contributed by atoms with E-state index in [1.54, 1.807) is 26.0 Å². The number of hydrogen-bond donors (Lipinski definition) is 1. The molecule has 1 N–H and O–H groups in total. The summed E-state index contributed by atoms with van der Waals surface area (Å²) in [5.41, 5.74) is 2.47. The number of hydrogen-bond acceptors (Lipinski definition) is 5. The Morgan fingerprint density at radius 1 is 1.12 bits per heavy atom. The van der Waals surface area contributed by atoms with Gasteiger partial charge in [0.05, 0.1) is 36.6 Å². The second kappa shape index (κ2) is 15.8. The molecule has 0 saturated carbocycles. The molecule has 2 amide bonds. The summed E-state index contributed by atoms with van der Waals surface area (Å²) < 4.78 is 11.8. The van der Waals surface area contributed by atoms with E-state index in [0.717, 1.165) is 32.1 Å². The molecule has 2 aliphatic heterocycles. The first-order valence-electron chi connectivity index (χ1n) is 14.9. The van der Waals surface area contributed by atoms with Crippen molar-refractivity contribution < 1.29 is 19.1 Å². The Labute approximate surface area is 246 Å². The summed E-state index contributed by atoms with van der Waals surface area (Å²) in [5.74, 6) is 0.400. The Kier molecular flexibility index (Phi) is 12.8. The number of methoxy groups -OCH3 is 2. The van der Waals surface area contributed by atoms with Crippen molar-refractivity contribution in [2.45, 2.75) is 97.4 Å². The SMILES string of the molecule is CCC(C)C(C)C(CC(=O)N1CCCC1C(OC)C(C)C(=O)NC(Cc1ccccc1)C1=C(C)CC=CS1)OC. The fourth-order valence-corrected chi connectivity index (χ4v) is 7.02. The van der Waals surface area contributed by atoms with Crippen LogP contribution in [0.4, 0.5) is 0 Å². The predicted molar refractivity (Wildman–Crippen MR) is 165 cm³/mol. The molecule has 1 aromatic carbocycles. The second-order valence-corrected chi connectivity index (χ2v) is 12.5. The molecule has 0 aliphatic carbocycles. The number of benzene rings is 1. The van der Waals surface area contributed by atoms with Crippen molar-refractivity contribution in [3.63, 3.8) is 0 Å². The number of allylic oxidation sites excluding steroid dienone is 2. The summed E-state index contributed by atoms with van der Waals surface area (Å²) in [6.45, 7) is 11.3. The third kappa shape index (κ3) is 8.23. The zero-order chi connectivity index (χ0) is 29.2. The zero-order valence-corrected chi connectivity index (χ0v) is 26.3. The van der Waals surface area contributed by atoms with Gasteiger partial charge in [-0.15, -0.1) is 11.8 Å². The van der Waals surface area contributed by atoms with Crippen LogP contribution in [0.5, 0.6) is 0 Å². The van der Waals surface area contributed by atoms with Crippen molar-refractivity contribution in [3.8, 4) is 0 Å². The molecule has 2 aliphatic rings. The highest BCUT2D eigenvalue weighted by molar-refractivity contribution is 8.05. The van der Waals surface area contributed by atoms with Gasteiger partial charge in [-0.25, -0.2) is 0 Å². The minimum absolute atomic E-state index is 0.0392. The number of carbonyl (C=O) groups is 2. The van der Waals surface area contributed by atoms with E-state index >= 15 is 0 Å². The zero-order valence-electron chi connectivity index (χ0n) is 25.5. The molecule has 1 fully saturated rings. The highest BCUT2D eigenvalue weighted by Gasteiger charge is 2.41. The van der Waals surface area contributed by atoms with E-state index in [4.69, 9.17) is 9.47 Å². The van der Waals surface area contributed by atoms with Crippen molar-refractivity contribution in [2.24, 2.45) is 17.8 Å². The van der Waals surface area contributed by atoms with Gasteiger partial charge in [0.2, 0.25) is 11.8 Å². The first-order valence-corrected chi connectivity index (χ1v) is 15.8. The van der Waals surface area contributed by atoms with E-state index in [1.165, 1.54) is 16.0 Å². The molecule has 1 saturated heterocycles. The third-order valence-corrected chi connectivity index (χ3v) is 10.3. The van der Waals surface area contributed by atoms with Gasteiger partial charge in [0, 0.05) is 25.7 Å². The normalized spacial score (nSPS) is 22.0. The molecule has 6 nitrogen and oxygen atoms in total. The number of amides is 2. The standard InChI is InChI=1S/C33H50N2O4S/c1-8-22(2)24(4)29(38-6)21-30(36)35-18-12-17-28(35)31(39-7)25(5)33(37)34-27(20-26-15-10-9-11-16-26)32-23(3)14-13-19-40-32/h9-11,13,15-16,19,22,24-25,27-29,31H,8,12,14,17-18,20-21H2,1-7H3,(H,34,37). The molecule has 0 spiro atoms. The lowest BCUT2D eigenvalue weighted by molar-refractivity contribution is -0.142. The number of thioether (sulfide) groups is 1. The topological polar surface area (TPSA) is 67.9 Å². The summed E-state index contributed by atoms with van der Waals surface area (Å²) in [4.78, 5) is 30.5. The Morgan fingerprint density at radius 2 is 1.85 bits per heavy atom. The highest BCUT2D eigenvalue weighted by atomic mass is 32.2. The Balaban J connectivity index is 1.73. The van der Waals surface area contributed by atoms with Crippen molar-refractivity contribution in [1.82, 2.24) is 10.2 Å². The molecule has 40 heavy (non-hydrogen) atoms. The van der Waals surface area contributed by atoms with Crippen LogP contribution in [0.2, 0.25) is 0 Å². The number of ether oxygens (including phenoxy) is 2. The molecule has 0 bridgehead atoms. The van der Waals surface area contributed by atoms with Crippen LogP contribution in [0.25, 0.3) is 0 Å². The van der Waals surface area contributed by atoms with Gasteiger partial charge < -0.3 is 19.7 Å². The maximum atomic E-state index is 13.8. The third-order valence-electron chi connectivity index (χ3n) is 9.04. The molecular formula is C33H50N2O4S. The number of carbonyl (C=O) groups excluding carboxylic acids is 2. The van der Waals surface area contributed by atoms with Crippen LogP contribution in [-0.2, 0) is 25.5 Å². The summed E-state index contributed by atoms with van der Waals surface area (Å²) in [6.07, 6.45) is 6.44. The van der Waals surface area contributed by atoms with Gasteiger partial charge >= 0.3 is 0 Å². The monoisotopic (exact) mass is 570 g/mol. The molecule has 0 radical (unpaired) electrons. The van der Waals surface area contributed by atoms with Crippen LogP contribution >= 0.6 is 11.8 Å². The van der Waals surface area contributed by atoms with Crippen molar-refractivity contribution in [3.05, 3.63) is 57.9 Å². The molecule has 3 rings (SSSR count). The second-order valence-electron chi connectivity index (χ2n) is 11.6. The van der Waals surface area contributed by atoms with E-state index in [1.807, 2.05) is 30.0 Å². The van der Waals surface area contributed by atoms with E-state index < -0.39 is 5.92 Å². The van der Waals surface area contributed by atoms with Gasteiger partial charge in [0.15, 0.2) is 0 Å². The molecule has 7 heteroatoms. The lowest BCUT2D eigenvalue weighted by Crippen LogP contribution is -2.51. The van der Waals surface area contributed by atoms with Gasteiger partial charge in [0.1, 0.15) is 0 Å². The van der Waals surface area contributed by atoms with Gasteiger partial charge in [-0.1, -0.05) is 76.1 Å². The molecule has 7 atom stereocenters. The summed E-state index contributed by atoms with van der Waals surface area (Å²) in [6, 6.07) is 10.1. The Hall–Kier alpha value is -2.09. The maximum absolute atomic E-state index is 13.8.